The summed E-state index contributed by atoms with van der Waals surface area (Å²) in [6, 6.07) is 0. The van der Waals surface area contributed by atoms with Crippen LogP contribution < -0.4 is 0 Å². The smallest absolute Gasteiger partial charge is 0.333 e. The summed E-state index contributed by atoms with van der Waals surface area (Å²) >= 11 is 0. The van der Waals surface area contributed by atoms with Crippen molar-refractivity contribution in [3.63, 3.8) is 0 Å². The summed E-state index contributed by atoms with van der Waals surface area (Å²) in [5.41, 5.74) is 0.456. The number of rotatable bonds is 11. The molecule has 0 radical (unpaired) electrons. The van der Waals surface area contributed by atoms with Crippen LogP contribution >= 0.6 is 0 Å². The van der Waals surface area contributed by atoms with Crippen LogP contribution in [0.2, 0.25) is 0 Å². The van der Waals surface area contributed by atoms with Gasteiger partial charge < -0.3 is 9.47 Å². The van der Waals surface area contributed by atoms with Crippen molar-refractivity contribution >= 4 is 5.97 Å². The maximum atomic E-state index is 11.0. The average Bonchev–Trinajstić information content (AvgIpc) is 2.31. The van der Waals surface area contributed by atoms with Gasteiger partial charge in [0.2, 0.25) is 0 Å². The number of ether oxygens (including phenoxy) is 2. The van der Waals surface area contributed by atoms with Crippen molar-refractivity contribution in [2.24, 2.45) is 0 Å². The summed E-state index contributed by atoms with van der Waals surface area (Å²) in [5.74, 6) is -0.300. The van der Waals surface area contributed by atoms with Crippen LogP contribution in [0.5, 0.6) is 0 Å². The van der Waals surface area contributed by atoms with Crippen LogP contribution in [0, 0.1) is 0 Å². The Bertz CT molecular complexity index is 212. The molecule has 0 aromatic rings. The molecule has 3 nitrogen and oxygen atoms in total. The van der Waals surface area contributed by atoms with Crippen LogP contribution in [-0.4, -0.2) is 25.8 Å². The Balaban J connectivity index is 3.08. The predicted octanol–water partition coefficient (Wildman–Crippen LogP) is 3.48. The molecule has 0 aromatic heterocycles. The highest BCUT2D eigenvalue weighted by molar-refractivity contribution is 5.86. The van der Waals surface area contributed by atoms with Gasteiger partial charge in [0.05, 0.1) is 6.61 Å². The summed E-state index contributed by atoms with van der Waals surface area (Å²) in [6.45, 7) is 9.45. The zero-order valence-electron chi connectivity index (χ0n) is 11.3. The third kappa shape index (κ3) is 11.4. The van der Waals surface area contributed by atoms with Gasteiger partial charge >= 0.3 is 5.97 Å². The molecule has 0 aliphatic rings. The van der Waals surface area contributed by atoms with Gasteiger partial charge in [-0.05, 0) is 26.2 Å². The second-order valence-corrected chi connectivity index (χ2v) is 4.30. The maximum Gasteiger partial charge on any atom is 0.333 e. The molecule has 0 saturated heterocycles. The molecule has 0 N–H and O–H groups in total. The van der Waals surface area contributed by atoms with E-state index in [1.165, 1.54) is 19.3 Å². The highest BCUT2D eigenvalue weighted by atomic mass is 16.5. The van der Waals surface area contributed by atoms with Crippen LogP contribution in [0.4, 0.5) is 0 Å². The van der Waals surface area contributed by atoms with E-state index in [2.05, 4.69) is 13.5 Å². The van der Waals surface area contributed by atoms with Crippen molar-refractivity contribution in [2.45, 2.75) is 52.4 Å². The standard InChI is InChI=1S/C14H26O3/c1-4-5-6-7-10-16-11-8-9-12-17-14(15)13(2)3/h2,4-12H2,1,3H3. The molecule has 100 valence electrons. The van der Waals surface area contributed by atoms with Gasteiger partial charge in [-0.2, -0.15) is 0 Å². The van der Waals surface area contributed by atoms with Gasteiger partial charge in [-0.1, -0.05) is 32.8 Å². The average molecular weight is 242 g/mol. The molecule has 0 aromatic carbocycles. The van der Waals surface area contributed by atoms with E-state index in [0.29, 0.717) is 12.2 Å². The molecule has 0 saturated carbocycles. The highest BCUT2D eigenvalue weighted by Gasteiger charge is 2.01. The van der Waals surface area contributed by atoms with E-state index >= 15 is 0 Å². The SMILES string of the molecule is C=C(C)C(=O)OCCCCOCCCCCC. The molecule has 0 fully saturated rings. The first-order chi connectivity index (χ1) is 8.18. The quantitative estimate of drug-likeness (QED) is 0.316. The molecule has 0 amide bonds. The van der Waals surface area contributed by atoms with Gasteiger partial charge in [-0.25, -0.2) is 4.79 Å². The normalized spacial score (nSPS) is 10.2. The summed E-state index contributed by atoms with van der Waals surface area (Å²) in [6.07, 6.45) is 6.75. The molecule has 0 aliphatic heterocycles. The summed E-state index contributed by atoms with van der Waals surface area (Å²) < 4.78 is 10.4. The van der Waals surface area contributed by atoms with E-state index in [9.17, 15) is 4.79 Å². The Kier molecular flexibility index (Phi) is 11.1. The number of hydrogen-bond donors (Lipinski definition) is 0. The fraction of sp³-hybridized carbons (Fsp3) is 0.786. The van der Waals surface area contributed by atoms with Gasteiger partial charge in [0, 0.05) is 18.8 Å². The minimum Gasteiger partial charge on any atom is -0.462 e. The zero-order valence-corrected chi connectivity index (χ0v) is 11.3. The van der Waals surface area contributed by atoms with Gasteiger partial charge in [0.25, 0.3) is 0 Å². The first kappa shape index (κ1) is 16.2. The predicted molar refractivity (Wildman–Crippen MR) is 70.0 cm³/mol. The topological polar surface area (TPSA) is 35.5 Å². The second kappa shape index (κ2) is 11.6. The van der Waals surface area contributed by atoms with Crippen molar-refractivity contribution in [2.75, 3.05) is 19.8 Å². The van der Waals surface area contributed by atoms with E-state index in [-0.39, 0.29) is 5.97 Å². The molecule has 0 bridgehead atoms. The van der Waals surface area contributed by atoms with Crippen molar-refractivity contribution < 1.29 is 14.3 Å². The van der Waals surface area contributed by atoms with Crippen LogP contribution in [0.15, 0.2) is 12.2 Å². The molecule has 0 spiro atoms. The number of unbranched alkanes of at least 4 members (excludes halogenated alkanes) is 4. The Labute approximate surface area is 105 Å². The fourth-order valence-electron chi connectivity index (χ4n) is 1.33. The minimum atomic E-state index is -0.300. The molecular formula is C14H26O3. The maximum absolute atomic E-state index is 11.0. The molecule has 3 heteroatoms. The first-order valence-corrected chi connectivity index (χ1v) is 6.58. The Morgan fingerprint density at radius 1 is 1.00 bits per heavy atom. The number of hydrogen-bond acceptors (Lipinski definition) is 3. The van der Waals surface area contributed by atoms with E-state index in [1.54, 1.807) is 6.92 Å². The number of esters is 1. The molecule has 0 aliphatic carbocycles. The van der Waals surface area contributed by atoms with Gasteiger partial charge in [0.15, 0.2) is 0 Å². The van der Waals surface area contributed by atoms with Crippen LogP contribution in [0.25, 0.3) is 0 Å². The number of carbonyl (C=O) groups is 1. The van der Waals surface area contributed by atoms with Gasteiger partial charge in [-0.3, -0.25) is 0 Å². The van der Waals surface area contributed by atoms with Crippen LogP contribution in [-0.2, 0) is 14.3 Å². The Morgan fingerprint density at radius 2 is 1.59 bits per heavy atom. The lowest BCUT2D eigenvalue weighted by atomic mass is 10.2. The van der Waals surface area contributed by atoms with Crippen LogP contribution in [0.1, 0.15) is 52.4 Å². The van der Waals surface area contributed by atoms with E-state index in [1.807, 2.05) is 0 Å². The lowest BCUT2D eigenvalue weighted by molar-refractivity contribution is -0.139. The third-order valence-corrected chi connectivity index (χ3v) is 2.41. The summed E-state index contributed by atoms with van der Waals surface area (Å²) in [7, 11) is 0. The third-order valence-electron chi connectivity index (χ3n) is 2.41. The van der Waals surface area contributed by atoms with E-state index in [0.717, 1.165) is 32.5 Å². The van der Waals surface area contributed by atoms with E-state index < -0.39 is 0 Å². The van der Waals surface area contributed by atoms with Crippen molar-refractivity contribution in [1.82, 2.24) is 0 Å². The van der Waals surface area contributed by atoms with Gasteiger partial charge in [-0.15, -0.1) is 0 Å². The summed E-state index contributed by atoms with van der Waals surface area (Å²) in [5, 5.41) is 0. The zero-order chi connectivity index (χ0) is 12.9. The monoisotopic (exact) mass is 242 g/mol. The van der Waals surface area contributed by atoms with Crippen molar-refractivity contribution in [3.8, 4) is 0 Å². The molecule has 0 rings (SSSR count). The Morgan fingerprint density at radius 3 is 2.18 bits per heavy atom. The molecule has 17 heavy (non-hydrogen) atoms. The molecule has 0 heterocycles. The fourth-order valence-corrected chi connectivity index (χ4v) is 1.33. The Hall–Kier alpha value is -0.830. The van der Waals surface area contributed by atoms with Gasteiger partial charge in [0.1, 0.15) is 0 Å². The van der Waals surface area contributed by atoms with Crippen LogP contribution in [0.3, 0.4) is 0 Å². The molecule has 0 unspecified atom stereocenters. The van der Waals surface area contributed by atoms with E-state index in [4.69, 9.17) is 9.47 Å². The van der Waals surface area contributed by atoms with Crippen molar-refractivity contribution in [1.29, 1.82) is 0 Å². The molecule has 0 atom stereocenters. The number of carbonyl (C=O) groups excluding carboxylic acids is 1. The minimum absolute atomic E-state index is 0.300. The second-order valence-electron chi connectivity index (χ2n) is 4.30. The lowest BCUT2D eigenvalue weighted by Crippen LogP contribution is -2.07. The summed E-state index contributed by atoms with van der Waals surface area (Å²) in [4.78, 5) is 11.0. The lowest BCUT2D eigenvalue weighted by Gasteiger charge is -2.05. The molecular weight excluding hydrogens is 216 g/mol. The first-order valence-electron chi connectivity index (χ1n) is 6.58. The highest BCUT2D eigenvalue weighted by Crippen LogP contribution is 2.00. The largest absolute Gasteiger partial charge is 0.462 e. The van der Waals surface area contributed by atoms with Crippen molar-refractivity contribution in [3.05, 3.63) is 12.2 Å².